The molecule has 0 fully saturated rings. The van der Waals surface area contributed by atoms with Crippen LogP contribution in [0.4, 0.5) is 0 Å². The first-order valence-corrected chi connectivity index (χ1v) is 10.7. The van der Waals surface area contributed by atoms with Crippen LogP contribution in [-0.4, -0.2) is 83.2 Å². The maximum atomic E-state index is 13.3. The molecule has 188 valence electrons. The van der Waals surface area contributed by atoms with E-state index in [4.69, 9.17) is 28.4 Å². The summed E-state index contributed by atoms with van der Waals surface area (Å²) in [6.45, 7) is 3.64. The van der Waals surface area contributed by atoms with Crippen LogP contribution < -0.4 is 14.2 Å². The van der Waals surface area contributed by atoms with Gasteiger partial charge in [0.1, 0.15) is 12.2 Å². The summed E-state index contributed by atoms with van der Waals surface area (Å²) < 4.78 is 32.0. The van der Waals surface area contributed by atoms with Crippen LogP contribution >= 0.6 is 0 Å². The molecule has 2 aromatic rings. The first-order chi connectivity index (χ1) is 16.7. The molecule has 3 rings (SSSR count). The summed E-state index contributed by atoms with van der Waals surface area (Å²) >= 11 is 0. The van der Waals surface area contributed by atoms with E-state index in [-0.39, 0.29) is 58.5 Å². The number of aryl methyl sites for hydroxylation is 2. The van der Waals surface area contributed by atoms with Crippen molar-refractivity contribution in [3.05, 3.63) is 34.1 Å². The number of fused-ring (bicyclic) bond motifs is 1. The largest absolute Gasteiger partial charge is 0.493 e. The topological polar surface area (TPSA) is 123 Å². The summed E-state index contributed by atoms with van der Waals surface area (Å²) in [5, 5.41) is 0. The van der Waals surface area contributed by atoms with Gasteiger partial charge in [-0.2, -0.15) is 0 Å². The van der Waals surface area contributed by atoms with Crippen molar-refractivity contribution < 1.29 is 42.8 Å². The fourth-order valence-electron chi connectivity index (χ4n) is 3.81. The van der Waals surface area contributed by atoms with Gasteiger partial charge in [-0.25, -0.2) is 14.4 Å². The van der Waals surface area contributed by atoms with Crippen molar-refractivity contribution in [1.82, 2.24) is 9.88 Å². The SMILES string of the molecule is COC(=O)c1c(-c2c(C(=O)OC)c(C)nc(C)c2C(=O)OCCN(C)C)cc(OC)c2c1OCO2. The monoisotopic (exact) mass is 488 g/mol. The van der Waals surface area contributed by atoms with Gasteiger partial charge in [-0.05, 0) is 34.0 Å². The molecule has 0 N–H and O–H groups in total. The fraction of sp³-hybridized carbons (Fsp3) is 0.417. The number of carbonyl (C=O) groups is 3. The second-order valence-corrected chi connectivity index (χ2v) is 7.90. The number of ether oxygens (including phenoxy) is 6. The Hall–Kier alpha value is -3.86. The van der Waals surface area contributed by atoms with Gasteiger partial charge >= 0.3 is 17.9 Å². The molecule has 1 aromatic carbocycles. The van der Waals surface area contributed by atoms with E-state index in [2.05, 4.69) is 4.98 Å². The summed E-state index contributed by atoms with van der Waals surface area (Å²) in [6, 6.07) is 1.48. The Balaban J connectivity index is 2.42. The highest BCUT2D eigenvalue weighted by Gasteiger charge is 2.36. The summed E-state index contributed by atoms with van der Waals surface area (Å²) in [4.78, 5) is 45.5. The molecule has 2 heterocycles. The Morgan fingerprint density at radius 3 is 2.06 bits per heavy atom. The second kappa shape index (κ2) is 10.6. The minimum absolute atomic E-state index is 0.000766. The molecule has 1 aliphatic rings. The zero-order valence-corrected chi connectivity index (χ0v) is 20.8. The average Bonchev–Trinajstić information content (AvgIpc) is 3.31. The quantitative estimate of drug-likeness (QED) is 0.402. The third-order valence-corrected chi connectivity index (χ3v) is 5.41. The Morgan fingerprint density at radius 1 is 0.914 bits per heavy atom. The minimum atomic E-state index is -0.765. The van der Waals surface area contributed by atoms with Crippen molar-refractivity contribution in [3.63, 3.8) is 0 Å². The van der Waals surface area contributed by atoms with Gasteiger partial charge in [0.2, 0.25) is 12.5 Å². The fourth-order valence-corrected chi connectivity index (χ4v) is 3.81. The van der Waals surface area contributed by atoms with Crippen molar-refractivity contribution >= 4 is 17.9 Å². The number of rotatable bonds is 8. The number of nitrogens with zero attached hydrogens (tertiary/aromatic N) is 2. The van der Waals surface area contributed by atoms with Crippen LogP contribution in [0.1, 0.15) is 42.5 Å². The van der Waals surface area contributed by atoms with E-state index in [1.54, 1.807) is 13.8 Å². The van der Waals surface area contributed by atoms with Crippen LogP contribution in [-0.2, 0) is 14.2 Å². The third-order valence-electron chi connectivity index (χ3n) is 5.41. The molecular formula is C24H28N2O9. The molecule has 0 bridgehead atoms. The van der Waals surface area contributed by atoms with E-state index >= 15 is 0 Å². The van der Waals surface area contributed by atoms with E-state index in [0.717, 1.165) is 0 Å². The molecule has 0 spiro atoms. The minimum Gasteiger partial charge on any atom is -0.493 e. The number of methoxy groups -OCH3 is 3. The zero-order valence-electron chi connectivity index (χ0n) is 20.8. The highest BCUT2D eigenvalue weighted by molar-refractivity contribution is 6.12. The van der Waals surface area contributed by atoms with Gasteiger partial charge in [0.05, 0.1) is 43.8 Å². The predicted octanol–water partition coefficient (Wildman–Crippen LogP) is 2.39. The van der Waals surface area contributed by atoms with Crippen LogP contribution in [0.15, 0.2) is 6.07 Å². The highest BCUT2D eigenvalue weighted by Crippen LogP contribution is 2.49. The van der Waals surface area contributed by atoms with Crippen LogP contribution in [0, 0.1) is 13.8 Å². The number of carbonyl (C=O) groups excluding carboxylic acids is 3. The van der Waals surface area contributed by atoms with Gasteiger partial charge in [-0.15, -0.1) is 0 Å². The summed E-state index contributed by atoms with van der Waals surface area (Å²) in [7, 11) is 7.52. The molecule has 1 aliphatic heterocycles. The van der Waals surface area contributed by atoms with Gasteiger partial charge < -0.3 is 33.3 Å². The van der Waals surface area contributed by atoms with E-state index in [1.807, 2.05) is 19.0 Å². The third kappa shape index (κ3) is 4.85. The summed E-state index contributed by atoms with van der Waals surface area (Å²) in [6.07, 6.45) is 0. The summed E-state index contributed by atoms with van der Waals surface area (Å²) in [5.74, 6) is -1.73. The molecule has 35 heavy (non-hydrogen) atoms. The second-order valence-electron chi connectivity index (χ2n) is 7.90. The van der Waals surface area contributed by atoms with Crippen LogP contribution in [0.3, 0.4) is 0 Å². The number of pyridine rings is 1. The predicted molar refractivity (Wildman–Crippen MR) is 123 cm³/mol. The van der Waals surface area contributed by atoms with Crippen molar-refractivity contribution in [1.29, 1.82) is 0 Å². The van der Waals surface area contributed by atoms with Crippen molar-refractivity contribution in [3.8, 4) is 28.4 Å². The molecule has 0 radical (unpaired) electrons. The summed E-state index contributed by atoms with van der Waals surface area (Å²) in [5.41, 5.74) is 0.775. The average molecular weight is 488 g/mol. The lowest BCUT2D eigenvalue weighted by Gasteiger charge is -2.21. The van der Waals surface area contributed by atoms with Gasteiger partial charge in [0.15, 0.2) is 11.5 Å². The van der Waals surface area contributed by atoms with Gasteiger partial charge in [-0.3, -0.25) is 4.98 Å². The number of hydrogen-bond acceptors (Lipinski definition) is 11. The lowest BCUT2D eigenvalue weighted by molar-refractivity contribution is 0.0480. The lowest BCUT2D eigenvalue weighted by atomic mass is 9.88. The Morgan fingerprint density at radius 2 is 1.49 bits per heavy atom. The van der Waals surface area contributed by atoms with E-state index in [9.17, 15) is 14.4 Å². The standard InChI is InChI=1S/C24H28N2O9/c1-12-16(22(27)31-6)18(17(13(2)25-12)24(29)33-9-8-26(3)4)14-10-15(30-5)20-21(35-11-34-20)19(14)23(28)32-7/h10H,8-9,11H2,1-7H3. The smallest absolute Gasteiger partial charge is 0.342 e. The number of likely N-dealkylation sites (N-methyl/N-ethyl adjacent to an activating group) is 1. The first kappa shape index (κ1) is 25.8. The molecule has 0 amide bonds. The maximum Gasteiger partial charge on any atom is 0.342 e. The van der Waals surface area contributed by atoms with Crippen molar-refractivity contribution in [2.75, 3.05) is 55.4 Å². The zero-order chi connectivity index (χ0) is 25.9. The molecule has 1 aromatic heterocycles. The van der Waals surface area contributed by atoms with Gasteiger partial charge in [-0.1, -0.05) is 0 Å². The van der Waals surface area contributed by atoms with Crippen LogP contribution in [0.2, 0.25) is 0 Å². The molecule has 0 unspecified atom stereocenters. The number of benzene rings is 1. The molecular weight excluding hydrogens is 460 g/mol. The molecule has 0 saturated heterocycles. The number of aromatic nitrogens is 1. The molecule has 0 saturated carbocycles. The molecule has 0 aliphatic carbocycles. The number of hydrogen-bond donors (Lipinski definition) is 0. The first-order valence-electron chi connectivity index (χ1n) is 10.7. The van der Waals surface area contributed by atoms with E-state index in [0.29, 0.717) is 17.9 Å². The van der Waals surface area contributed by atoms with Gasteiger partial charge in [0, 0.05) is 17.7 Å². The normalized spacial score (nSPS) is 11.9. The van der Waals surface area contributed by atoms with Crippen LogP contribution in [0.5, 0.6) is 17.2 Å². The Bertz CT molecular complexity index is 1170. The molecule has 11 nitrogen and oxygen atoms in total. The molecule has 11 heteroatoms. The van der Waals surface area contributed by atoms with Crippen molar-refractivity contribution in [2.24, 2.45) is 0 Å². The highest BCUT2D eigenvalue weighted by atomic mass is 16.7. The van der Waals surface area contributed by atoms with E-state index < -0.39 is 17.9 Å². The Labute approximate surface area is 202 Å². The van der Waals surface area contributed by atoms with Crippen molar-refractivity contribution in [2.45, 2.75) is 13.8 Å². The van der Waals surface area contributed by atoms with Gasteiger partial charge in [0.25, 0.3) is 0 Å². The Kier molecular flexibility index (Phi) is 7.80. The number of esters is 3. The lowest BCUT2D eigenvalue weighted by Crippen LogP contribution is -2.22. The van der Waals surface area contributed by atoms with Crippen LogP contribution in [0.25, 0.3) is 11.1 Å². The maximum absolute atomic E-state index is 13.3. The molecule has 0 atom stereocenters. The van der Waals surface area contributed by atoms with E-state index in [1.165, 1.54) is 27.4 Å².